The summed E-state index contributed by atoms with van der Waals surface area (Å²) < 4.78 is 1.73. The van der Waals surface area contributed by atoms with Crippen LogP contribution in [0.1, 0.15) is 23.6 Å². The third-order valence-electron chi connectivity index (χ3n) is 3.96. The summed E-state index contributed by atoms with van der Waals surface area (Å²) in [6.07, 6.45) is 0. The molecule has 0 saturated heterocycles. The quantitative estimate of drug-likeness (QED) is 0.776. The molecule has 118 valence electrons. The van der Waals surface area contributed by atoms with Crippen LogP contribution in [0.25, 0.3) is 11.0 Å². The molecule has 0 spiro atoms. The Hall–Kier alpha value is -2.82. The summed E-state index contributed by atoms with van der Waals surface area (Å²) in [7, 11) is 0. The Morgan fingerprint density at radius 3 is 2.74 bits per heavy atom. The second kappa shape index (κ2) is 6.12. The van der Waals surface area contributed by atoms with Crippen LogP contribution in [0.15, 0.2) is 47.3 Å². The molecular weight excluding hydrogens is 290 g/mol. The first-order valence-corrected chi connectivity index (χ1v) is 7.55. The van der Waals surface area contributed by atoms with Gasteiger partial charge in [-0.25, -0.2) is 4.79 Å². The number of nitrogens with zero attached hydrogens (tertiary/aromatic N) is 1. The van der Waals surface area contributed by atoms with Gasteiger partial charge in [0.05, 0.1) is 17.6 Å². The van der Waals surface area contributed by atoms with E-state index in [1.807, 2.05) is 43.3 Å². The van der Waals surface area contributed by atoms with Gasteiger partial charge in [-0.1, -0.05) is 30.3 Å². The minimum atomic E-state index is -0.105. The molecule has 0 saturated carbocycles. The van der Waals surface area contributed by atoms with Gasteiger partial charge in [0.2, 0.25) is 5.91 Å². The average molecular weight is 309 g/mol. The van der Waals surface area contributed by atoms with E-state index in [-0.39, 0.29) is 11.6 Å². The second-order valence-corrected chi connectivity index (χ2v) is 5.70. The molecule has 0 bridgehead atoms. The summed E-state index contributed by atoms with van der Waals surface area (Å²) in [6.45, 7) is 4.56. The van der Waals surface area contributed by atoms with Gasteiger partial charge in [-0.05, 0) is 35.7 Å². The Labute approximate surface area is 134 Å². The number of imidazole rings is 1. The molecule has 1 heterocycles. The number of aromatic amines is 1. The van der Waals surface area contributed by atoms with Crippen LogP contribution < -0.4 is 11.0 Å². The Bertz CT molecular complexity index is 921. The Morgan fingerprint density at radius 1 is 1.22 bits per heavy atom. The number of aromatic nitrogens is 2. The van der Waals surface area contributed by atoms with Gasteiger partial charge in [0.15, 0.2) is 0 Å². The number of carbonyl (C=O) groups excluding carboxylic acids is 1. The lowest BCUT2D eigenvalue weighted by Gasteiger charge is -2.10. The predicted octanol–water partition coefficient (Wildman–Crippen LogP) is 2.32. The number of fused-ring (bicyclic) bond motifs is 1. The van der Waals surface area contributed by atoms with Crippen molar-refractivity contribution in [2.75, 3.05) is 0 Å². The largest absolute Gasteiger partial charge is 0.352 e. The molecule has 3 rings (SSSR count). The predicted molar refractivity (Wildman–Crippen MR) is 90.4 cm³/mol. The lowest BCUT2D eigenvalue weighted by atomic mass is 10.0. The number of rotatable bonds is 4. The molecule has 0 atom stereocenters. The topological polar surface area (TPSA) is 66.9 Å². The second-order valence-electron chi connectivity index (χ2n) is 5.70. The van der Waals surface area contributed by atoms with E-state index in [1.165, 1.54) is 6.92 Å². The molecular formula is C18H19N3O2. The summed E-state index contributed by atoms with van der Waals surface area (Å²) >= 11 is 0. The van der Waals surface area contributed by atoms with Crippen molar-refractivity contribution in [2.45, 2.75) is 26.9 Å². The van der Waals surface area contributed by atoms with E-state index in [2.05, 4.69) is 16.4 Å². The van der Waals surface area contributed by atoms with Gasteiger partial charge >= 0.3 is 5.69 Å². The van der Waals surface area contributed by atoms with Crippen molar-refractivity contribution in [1.29, 1.82) is 0 Å². The number of carbonyl (C=O) groups is 1. The van der Waals surface area contributed by atoms with Crippen LogP contribution in [0.2, 0.25) is 0 Å². The van der Waals surface area contributed by atoms with Crippen LogP contribution in [0.5, 0.6) is 0 Å². The van der Waals surface area contributed by atoms with Crippen LogP contribution >= 0.6 is 0 Å². The van der Waals surface area contributed by atoms with Crippen molar-refractivity contribution in [1.82, 2.24) is 14.9 Å². The number of para-hydroxylation sites is 2. The zero-order chi connectivity index (χ0) is 16.4. The molecule has 0 aliphatic rings. The van der Waals surface area contributed by atoms with E-state index in [9.17, 15) is 9.59 Å². The highest BCUT2D eigenvalue weighted by molar-refractivity contribution is 5.75. The molecule has 5 nitrogen and oxygen atoms in total. The maximum atomic E-state index is 12.1. The third-order valence-corrected chi connectivity index (χ3v) is 3.96. The highest BCUT2D eigenvalue weighted by Gasteiger charge is 2.08. The van der Waals surface area contributed by atoms with Gasteiger partial charge in [0, 0.05) is 13.5 Å². The van der Waals surface area contributed by atoms with E-state index >= 15 is 0 Å². The molecule has 1 amide bonds. The Kier molecular flexibility index (Phi) is 4.02. The van der Waals surface area contributed by atoms with Crippen molar-refractivity contribution in [3.63, 3.8) is 0 Å². The summed E-state index contributed by atoms with van der Waals surface area (Å²) in [5.41, 5.74) is 4.88. The standard InChI is InChI=1S/C18H19N3O2/c1-12-9-14(7-8-15(12)10-19-13(2)22)11-21-17-6-4-3-5-16(17)20-18(21)23/h3-9H,10-11H2,1-2H3,(H,19,22)(H,20,23). The molecule has 0 aliphatic carbocycles. The summed E-state index contributed by atoms with van der Waals surface area (Å²) in [5.74, 6) is -0.0428. The molecule has 0 radical (unpaired) electrons. The smallest absolute Gasteiger partial charge is 0.326 e. The number of benzene rings is 2. The molecule has 0 unspecified atom stereocenters. The third kappa shape index (κ3) is 3.18. The number of hydrogen-bond acceptors (Lipinski definition) is 2. The lowest BCUT2D eigenvalue weighted by molar-refractivity contribution is -0.119. The fourth-order valence-electron chi connectivity index (χ4n) is 2.72. The summed E-state index contributed by atoms with van der Waals surface area (Å²) in [4.78, 5) is 26.0. The van der Waals surface area contributed by atoms with Gasteiger partial charge in [0.25, 0.3) is 0 Å². The zero-order valence-corrected chi connectivity index (χ0v) is 13.2. The maximum absolute atomic E-state index is 12.1. The number of amides is 1. The van der Waals surface area contributed by atoms with Crippen molar-refractivity contribution < 1.29 is 4.79 Å². The number of hydrogen-bond donors (Lipinski definition) is 2. The first-order chi connectivity index (χ1) is 11.0. The summed E-state index contributed by atoms with van der Waals surface area (Å²) in [5, 5.41) is 2.80. The molecule has 5 heteroatoms. The van der Waals surface area contributed by atoms with Crippen molar-refractivity contribution in [3.8, 4) is 0 Å². The SMILES string of the molecule is CC(=O)NCc1ccc(Cn2c(=O)[nH]c3ccccc32)cc1C. The number of nitrogens with one attached hydrogen (secondary N) is 2. The maximum Gasteiger partial charge on any atom is 0.326 e. The van der Waals surface area contributed by atoms with Gasteiger partial charge in [-0.2, -0.15) is 0 Å². The van der Waals surface area contributed by atoms with Crippen molar-refractivity contribution in [2.24, 2.45) is 0 Å². The molecule has 2 aromatic carbocycles. The highest BCUT2D eigenvalue weighted by atomic mass is 16.1. The fraction of sp³-hybridized carbons (Fsp3) is 0.222. The number of aryl methyl sites for hydroxylation is 1. The van der Waals surface area contributed by atoms with Crippen LogP contribution in [-0.4, -0.2) is 15.5 Å². The lowest BCUT2D eigenvalue weighted by Crippen LogP contribution is -2.20. The first-order valence-electron chi connectivity index (χ1n) is 7.55. The van der Waals surface area contributed by atoms with E-state index in [1.54, 1.807) is 4.57 Å². The Balaban J connectivity index is 1.88. The van der Waals surface area contributed by atoms with E-state index in [4.69, 9.17) is 0 Å². The van der Waals surface area contributed by atoms with Gasteiger partial charge in [-0.15, -0.1) is 0 Å². The van der Waals surface area contributed by atoms with Crippen LogP contribution in [-0.2, 0) is 17.9 Å². The molecule has 1 aromatic heterocycles. The fourth-order valence-corrected chi connectivity index (χ4v) is 2.72. The molecule has 2 N–H and O–H groups in total. The van der Waals surface area contributed by atoms with Crippen molar-refractivity contribution in [3.05, 3.63) is 69.6 Å². The minimum absolute atomic E-state index is 0.0428. The van der Waals surface area contributed by atoms with Crippen LogP contribution in [0.3, 0.4) is 0 Å². The monoisotopic (exact) mass is 309 g/mol. The molecule has 0 fully saturated rings. The van der Waals surface area contributed by atoms with Crippen molar-refractivity contribution >= 4 is 16.9 Å². The summed E-state index contributed by atoms with van der Waals surface area (Å²) in [6, 6.07) is 13.7. The molecule has 3 aromatic rings. The first kappa shape index (κ1) is 15.1. The van der Waals surface area contributed by atoms with Gasteiger partial charge < -0.3 is 10.3 Å². The van der Waals surface area contributed by atoms with E-state index < -0.39 is 0 Å². The van der Waals surface area contributed by atoms with Gasteiger partial charge in [0.1, 0.15) is 0 Å². The molecule has 0 aliphatic heterocycles. The van der Waals surface area contributed by atoms with E-state index in [0.717, 1.165) is 27.7 Å². The van der Waals surface area contributed by atoms with Gasteiger partial charge in [-0.3, -0.25) is 9.36 Å². The Morgan fingerprint density at radius 2 is 2.00 bits per heavy atom. The van der Waals surface area contributed by atoms with Crippen LogP contribution in [0, 0.1) is 6.92 Å². The number of H-pyrrole nitrogens is 1. The normalized spacial score (nSPS) is 10.9. The van der Waals surface area contributed by atoms with Crippen LogP contribution in [0.4, 0.5) is 0 Å². The highest BCUT2D eigenvalue weighted by Crippen LogP contribution is 2.15. The molecule has 23 heavy (non-hydrogen) atoms. The average Bonchev–Trinajstić information content (AvgIpc) is 2.82. The van der Waals surface area contributed by atoms with E-state index in [0.29, 0.717) is 13.1 Å². The minimum Gasteiger partial charge on any atom is -0.352 e. The zero-order valence-electron chi connectivity index (χ0n) is 13.2.